The van der Waals surface area contributed by atoms with Crippen LogP contribution in [0.25, 0.3) is 0 Å². The Balaban J connectivity index is 1.48. The molecule has 0 aromatic heterocycles. The number of piperazine rings is 1. The molecule has 28 heavy (non-hydrogen) atoms. The van der Waals surface area contributed by atoms with E-state index < -0.39 is 5.97 Å². The van der Waals surface area contributed by atoms with E-state index in [1.807, 2.05) is 11.9 Å². The van der Waals surface area contributed by atoms with Crippen LogP contribution in [0.1, 0.15) is 25.7 Å². The lowest BCUT2D eigenvalue weighted by Crippen LogP contribution is -2.59. The van der Waals surface area contributed by atoms with Gasteiger partial charge in [-0.2, -0.15) is 4.79 Å². The first-order valence-corrected chi connectivity index (χ1v) is 10.1. The number of rotatable bonds is 6. The number of carbonyl (C=O) groups is 2. The molecule has 10 heteroatoms. The number of carboxylic acid groups (broad SMARTS) is 1. The number of aliphatic carboxylic acids is 1. The molecule has 0 radical (unpaired) electrons. The molecule has 3 saturated heterocycles. The van der Waals surface area contributed by atoms with Crippen molar-refractivity contribution in [3.8, 4) is 0 Å². The number of carbonyl (C=O) groups excluding carboxylic acids is 1. The first-order chi connectivity index (χ1) is 13.3. The van der Waals surface area contributed by atoms with Crippen LogP contribution in [0.2, 0.25) is 0 Å². The van der Waals surface area contributed by atoms with Crippen LogP contribution in [0.15, 0.2) is 0 Å². The number of likely N-dealkylation sites (tertiary alicyclic amines) is 1. The summed E-state index contributed by atoms with van der Waals surface area (Å²) in [5.74, 6) is -0.646. The van der Waals surface area contributed by atoms with Crippen molar-refractivity contribution in [2.45, 2.75) is 38.0 Å². The Kier molecular flexibility index (Phi) is 6.41. The topological polar surface area (TPSA) is 123 Å². The third kappa shape index (κ3) is 4.56. The Morgan fingerprint density at radius 3 is 2.46 bits per heavy atom. The van der Waals surface area contributed by atoms with Crippen LogP contribution in [0.5, 0.6) is 0 Å². The van der Waals surface area contributed by atoms with E-state index in [9.17, 15) is 9.59 Å². The van der Waals surface area contributed by atoms with Gasteiger partial charge in [-0.1, -0.05) is 0 Å². The Morgan fingerprint density at radius 1 is 1.25 bits per heavy atom. The third-order valence-electron chi connectivity index (χ3n) is 6.48. The fraction of sp³-hybridized carbons (Fsp3) is 0.833. The summed E-state index contributed by atoms with van der Waals surface area (Å²) in [5.41, 5.74) is 5.58. The molecule has 10 nitrogen and oxygen atoms in total. The summed E-state index contributed by atoms with van der Waals surface area (Å²) in [5, 5.41) is 16.3. The van der Waals surface area contributed by atoms with Gasteiger partial charge in [-0.25, -0.2) is 4.48 Å². The van der Waals surface area contributed by atoms with E-state index in [4.69, 9.17) is 21.0 Å². The summed E-state index contributed by atoms with van der Waals surface area (Å²) < 4.78 is 6.08. The summed E-state index contributed by atoms with van der Waals surface area (Å²) in [4.78, 5) is 29.7. The van der Waals surface area contributed by atoms with Crippen molar-refractivity contribution in [2.24, 2.45) is 5.73 Å². The highest BCUT2D eigenvalue weighted by Crippen LogP contribution is 2.30. The molecular formula is C18H33N6O4+. The maximum Gasteiger partial charge on any atom is 0.517 e. The zero-order valence-electron chi connectivity index (χ0n) is 16.7. The van der Waals surface area contributed by atoms with Gasteiger partial charge in [0.25, 0.3) is 0 Å². The Hall–Kier alpha value is -1.91. The maximum absolute atomic E-state index is 12.7. The second kappa shape index (κ2) is 8.62. The fourth-order valence-corrected chi connectivity index (χ4v) is 4.57. The molecule has 0 aromatic rings. The second-order valence-electron chi connectivity index (χ2n) is 8.27. The molecule has 0 aliphatic carbocycles. The van der Waals surface area contributed by atoms with Gasteiger partial charge < -0.3 is 25.4 Å². The molecule has 3 aliphatic heterocycles. The molecule has 0 bridgehead atoms. The smallest absolute Gasteiger partial charge is 0.481 e. The van der Waals surface area contributed by atoms with E-state index in [1.165, 1.54) is 0 Å². The number of nitrogens with zero attached hydrogens (tertiary/aromatic N) is 4. The number of ether oxygens (including phenoxy) is 1. The van der Waals surface area contributed by atoms with Gasteiger partial charge in [0, 0.05) is 58.5 Å². The Labute approximate surface area is 165 Å². The van der Waals surface area contributed by atoms with Crippen molar-refractivity contribution in [1.29, 1.82) is 5.41 Å². The number of amides is 1. The zero-order valence-corrected chi connectivity index (χ0v) is 16.7. The average molecular weight is 398 g/mol. The van der Waals surface area contributed by atoms with Crippen LogP contribution in [-0.4, -0.2) is 114 Å². The molecule has 3 fully saturated rings. The minimum atomic E-state index is -0.748. The molecule has 2 unspecified atom stereocenters. The average Bonchev–Trinajstić information content (AvgIpc) is 2.98. The number of hydrogen-bond donors (Lipinski definition) is 3. The van der Waals surface area contributed by atoms with Gasteiger partial charge in [-0.05, 0) is 13.0 Å². The van der Waals surface area contributed by atoms with E-state index in [0.29, 0.717) is 30.5 Å². The van der Waals surface area contributed by atoms with Crippen molar-refractivity contribution < 1.29 is 23.9 Å². The van der Waals surface area contributed by atoms with Crippen LogP contribution in [0.3, 0.4) is 0 Å². The molecule has 3 rings (SSSR count). The molecule has 3 heterocycles. The summed E-state index contributed by atoms with van der Waals surface area (Å²) in [6, 6.07) is 0.199. The van der Waals surface area contributed by atoms with E-state index in [2.05, 4.69) is 9.80 Å². The summed E-state index contributed by atoms with van der Waals surface area (Å²) in [7, 11) is 1.97. The minimum absolute atomic E-state index is 0.101. The van der Waals surface area contributed by atoms with Crippen LogP contribution >= 0.6 is 0 Å². The number of piperidine rings is 1. The molecule has 158 valence electrons. The van der Waals surface area contributed by atoms with Gasteiger partial charge in [-0.15, -0.1) is 0 Å². The Morgan fingerprint density at radius 2 is 1.89 bits per heavy atom. The quantitative estimate of drug-likeness (QED) is 0.318. The number of guanidine groups is 1. The lowest BCUT2D eigenvalue weighted by atomic mass is 10.0. The molecule has 0 spiro atoms. The van der Waals surface area contributed by atoms with Crippen LogP contribution in [0.4, 0.5) is 4.79 Å². The summed E-state index contributed by atoms with van der Waals surface area (Å²) in [6.07, 6.45) is 2.19. The molecule has 1 amide bonds. The molecule has 2 atom stereocenters. The monoisotopic (exact) mass is 397 g/mol. The van der Waals surface area contributed by atoms with Gasteiger partial charge in [0.15, 0.2) is 5.96 Å². The zero-order chi connectivity index (χ0) is 20.3. The van der Waals surface area contributed by atoms with Crippen LogP contribution < -0.4 is 5.73 Å². The predicted octanol–water partition coefficient (Wildman–Crippen LogP) is -0.250. The van der Waals surface area contributed by atoms with E-state index in [-0.39, 0.29) is 30.7 Å². The van der Waals surface area contributed by atoms with E-state index in [1.54, 1.807) is 0 Å². The van der Waals surface area contributed by atoms with Crippen LogP contribution in [0, 0.1) is 5.41 Å². The molecule has 4 N–H and O–H groups in total. The lowest BCUT2D eigenvalue weighted by molar-refractivity contribution is -0.852. The highest BCUT2D eigenvalue weighted by molar-refractivity contribution is 5.74. The lowest BCUT2D eigenvalue weighted by Gasteiger charge is -2.40. The van der Waals surface area contributed by atoms with Gasteiger partial charge in [0.1, 0.15) is 12.6 Å². The van der Waals surface area contributed by atoms with Crippen molar-refractivity contribution in [1.82, 2.24) is 14.7 Å². The van der Waals surface area contributed by atoms with E-state index >= 15 is 0 Å². The van der Waals surface area contributed by atoms with E-state index in [0.717, 1.165) is 45.6 Å². The number of likely N-dealkylation sites (N-methyl/N-ethyl adjacent to an activating group) is 1. The highest BCUT2D eigenvalue weighted by atomic mass is 16.6. The fourth-order valence-electron chi connectivity index (χ4n) is 4.57. The Bertz CT molecular complexity index is 601. The van der Waals surface area contributed by atoms with Crippen LogP contribution in [-0.2, 0) is 9.53 Å². The largest absolute Gasteiger partial charge is 0.517 e. The SMILES string of the molecule is C[N+]1(C2CCN(C(=N)N)CC2)CC(N2CCN(CCCC(=O)O)CC2)OC1=O. The number of quaternary nitrogens is 1. The van der Waals surface area contributed by atoms with Gasteiger partial charge >= 0.3 is 12.1 Å². The van der Waals surface area contributed by atoms with Gasteiger partial charge in [-0.3, -0.25) is 15.1 Å². The number of hydrogen-bond acceptors (Lipinski definition) is 6. The van der Waals surface area contributed by atoms with Gasteiger partial charge in [0.05, 0.1) is 7.05 Å². The second-order valence-corrected chi connectivity index (χ2v) is 8.27. The number of cyclic esters (lactones) is 1. The first-order valence-electron chi connectivity index (χ1n) is 10.1. The molecule has 0 saturated carbocycles. The highest BCUT2D eigenvalue weighted by Gasteiger charge is 2.53. The molecule has 3 aliphatic rings. The summed E-state index contributed by atoms with van der Waals surface area (Å²) in [6.45, 7) is 6.27. The normalized spacial score (nSPS) is 30.4. The third-order valence-corrected chi connectivity index (χ3v) is 6.48. The van der Waals surface area contributed by atoms with Gasteiger partial charge in [0.2, 0.25) is 6.23 Å². The van der Waals surface area contributed by atoms with Crippen molar-refractivity contribution in [3.63, 3.8) is 0 Å². The predicted molar refractivity (Wildman–Crippen MR) is 103 cm³/mol. The van der Waals surface area contributed by atoms with Crippen molar-refractivity contribution in [3.05, 3.63) is 0 Å². The first kappa shape index (κ1) is 20.8. The number of nitrogens with one attached hydrogen (secondary N) is 1. The maximum atomic E-state index is 12.7. The molecule has 0 aromatic carbocycles. The number of nitrogens with two attached hydrogens (primary N) is 1. The standard InChI is InChI=1S/C18H32N6O4/c1-24(14-4-7-23(8-5-14)17(19)20)13-15(28-18(24)27)22-11-9-21(10-12-22)6-2-3-16(25)26/h14-15H,2-13H2,1H3,(H3-,19,20,25,26)/p+1. The minimum Gasteiger partial charge on any atom is -0.481 e. The van der Waals surface area contributed by atoms with Crippen molar-refractivity contribution >= 4 is 18.0 Å². The van der Waals surface area contributed by atoms with Crippen molar-refractivity contribution in [2.75, 3.05) is 59.4 Å². The summed E-state index contributed by atoms with van der Waals surface area (Å²) >= 11 is 0. The molecular weight excluding hydrogens is 364 g/mol. The number of carboxylic acids is 1.